The van der Waals surface area contributed by atoms with Gasteiger partial charge in [0.1, 0.15) is 6.07 Å². The molecule has 2 aromatic rings. The van der Waals surface area contributed by atoms with E-state index in [9.17, 15) is 0 Å². The zero-order valence-electron chi connectivity index (χ0n) is 11.5. The van der Waals surface area contributed by atoms with Crippen molar-refractivity contribution in [2.24, 2.45) is 0 Å². The Morgan fingerprint density at radius 3 is 2.47 bits per heavy atom. The van der Waals surface area contributed by atoms with Gasteiger partial charge in [-0.2, -0.15) is 5.26 Å². The van der Waals surface area contributed by atoms with Crippen LogP contribution >= 0.6 is 0 Å². The lowest BCUT2D eigenvalue weighted by Crippen LogP contribution is -2.09. The molecule has 2 rings (SSSR count). The van der Waals surface area contributed by atoms with E-state index >= 15 is 0 Å². The number of hydrogen-bond acceptors (Lipinski definition) is 4. The van der Waals surface area contributed by atoms with E-state index in [-0.39, 0.29) is 0 Å². The molecule has 1 aromatic carbocycles. The Bertz CT molecular complexity index is 589. The molecule has 0 aliphatic carbocycles. The molecule has 1 aromatic heterocycles. The Hall–Kier alpha value is -2.35. The van der Waals surface area contributed by atoms with Gasteiger partial charge in [0.05, 0.1) is 11.4 Å². The molecule has 0 unspecified atom stereocenters. The van der Waals surface area contributed by atoms with Gasteiger partial charge < -0.3 is 4.90 Å². The van der Waals surface area contributed by atoms with Crippen molar-refractivity contribution in [3.05, 3.63) is 35.7 Å². The lowest BCUT2D eigenvalue weighted by atomic mass is 10.2. The van der Waals surface area contributed by atoms with Crippen LogP contribution in [-0.4, -0.2) is 29.1 Å². The second kappa shape index (κ2) is 5.53. The molecular weight excluding hydrogens is 238 g/mol. The van der Waals surface area contributed by atoms with Crippen molar-refractivity contribution >= 4 is 5.69 Å². The van der Waals surface area contributed by atoms with Gasteiger partial charge in [0.25, 0.3) is 0 Å². The zero-order chi connectivity index (χ0) is 13.8. The Morgan fingerprint density at radius 1 is 1.26 bits per heavy atom. The van der Waals surface area contributed by atoms with E-state index in [1.165, 1.54) is 0 Å². The first-order valence-corrected chi connectivity index (χ1v) is 6.29. The van der Waals surface area contributed by atoms with Gasteiger partial charge in [-0.25, -0.2) is 4.68 Å². The van der Waals surface area contributed by atoms with Crippen molar-refractivity contribution in [2.75, 3.05) is 19.0 Å². The van der Waals surface area contributed by atoms with E-state index in [1.54, 1.807) is 4.68 Å². The van der Waals surface area contributed by atoms with E-state index in [0.29, 0.717) is 5.69 Å². The maximum absolute atomic E-state index is 9.05. The van der Waals surface area contributed by atoms with Gasteiger partial charge >= 0.3 is 0 Å². The molecule has 0 saturated heterocycles. The molecule has 0 aliphatic heterocycles. The molecule has 0 bridgehead atoms. The standard InChI is InChI=1S/C14H17N5/c1-4-5-14-13(10-15)16-17-19(14)12-8-6-11(7-9-12)18(2)3/h6-9H,4-5H2,1-3H3. The molecule has 0 saturated carbocycles. The molecule has 5 heteroatoms. The Kier molecular flexibility index (Phi) is 3.81. The minimum atomic E-state index is 0.415. The van der Waals surface area contributed by atoms with Crippen LogP contribution in [0.25, 0.3) is 5.69 Å². The van der Waals surface area contributed by atoms with Crippen molar-refractivity contribution in [2.45, 2.75) is 19.8 Å². The molecule has 1 heterocycles. The largest absolute Gasteiger partial charge is 0.378 e. The van der Waals surface area contributed by atoms with Gasteiger partial charge in [-0.15, -0.1) is 5.10 Å². The number of nitrogens with zero attached hydrogens (tertiary/aromatic N) is 5. The summed E-state index contributed by atoms with van der Waals surface area (Å²) in [4.78, 5) is 2.04. The third-order valence-corrected chi connectivity index (χ3v) is 2.97. The summed E-state index contributed by atoms with van der Waals surface area (Å²) in [5, 5.41) is 17.1. The molecule has 0 radical (unpaired) electrons. The minimum absolute atomic E-state index is 0.415. The normalized spacial score (nSPS) is 10.2. The van der Waals surface area contributed by atoms with Crippen LogP contribution in [-0.2, 0) is 6.42 Å². The van der Waals surface area contributed by atoms with Crippen molar-refractivity contribution in [1.29, 1.82) is 5.26 Å². The van der Waals surface area contributed by atoms with E-state index < -0.39 is 0 Å². The molecule has 5 nitrogen and oxygen atoms in total. The second-order valence-corrected chi connectivity index (χ2v) is 4.57. The van der Waals surface area contributed by atoms with Crippen LogP contribution in [0, 0.1) is 11.3 Å². The van der Waals surface area contributed by atoms with Crippen LogP contribution in [0.3, 0.4) is 0 Å². The summed E-state index contributed by atoms with van der Waals surface area (Å²) < 4.78 is 1.75. The SMILES string of the molecule is CCCc1c(C#N)nnn1-c1ccc(N(C)C)cc1. The van der Waals surface area contributed by atoms with Crippen LogP contribution in [0.4, 0.5) is 5.69 Å². The van der Waals surface area contributed by atoms with Crippen molar-refractivity contribution < 1.29 is 0 Å². The Morgan fingerprint density at radius 2 is 1.95 bits per heavy atom. The topological polar surface area (TPSA) is 57.7 Å². The lowest BCUT2D eigenvalue weighted by molar-refractivity contribution is 0.745. The van der Waals surface area contributed by atoms with Crippen LogP contribution in [0.2, 0.25) is 0 Å². The average Bonchev–Trinajstić information content (AvgIpc) is 2.82. The Labute approximate surface area is 113 Å². The maximum atomic E-state index is 9.05. The van der Waals surface area contributed by atoms with Crippen LogP contribution in [0.5, 0.6) is 0 Å². The summed E-state index contributed by atoms with van der Waals surface area (Å²) in [6, 6.07) is 10.1. The highest BCUT2D eigenvalue weighted by Crippen LogP contribution is 2.18. The molecule has 19 heavy (non-hydrogen) atoms. The van der Waals surface area contributed by atoms with Crippen LogP contribution < -0.4 is 4.90 Å². The number of rotatable bonds is 4. The molecule has 98 valence electrons. The first-order chi connectivity index (χ1) is 9.17. The molecule has 0 N–H and O–H groups in total. The van der Waals surface area contributed by atoms with Gasteiger partial charge in [-0.05, 0) is 30.7 Å². The van der Waals surface area contributed by atoms with Crippen LogP contribution in [0.15, 0.2) is 24.3 Å². The second-order valence-electron chi connectivity index (χ2n) is 4.57. The highest BCUT2D eigenvalue weighted by molar-refractivity contribution is 5.50. The van der Waals surface area contributed by atoms with Crippen LogP contribution in [0.1, 0.15) is 24.7 Å². The summed E-state index contributed by atoms with van der Waals surface area (Å²) >= 11 is 0. The summed E-state index contributed by atoms with van der Waals surface area (Å²) in [7, 11) is 4.00. The molecule has 0 amide bonds. The number of hydrogen-bond donors (Lipinski definition) is 0. The summed E-state index contributed by atoms with van der Waals surface area (Å²) in [6.07, 6.45) is 1.75. The van der Waals surface area contributed by atoms with Gasteiger partial charge in [0.15, 0.2) is 5.69 Å². The fraction of sp³-hybridized carbons (Fsp3) is 0.357. The molecule has 0 spiro atoms. The van der Waals surface area contributed by atoms with Gasteiger partial charge in [0.2, 0.25) is 0 Å². The summed E-state index contributed by atoms with van der Waals surface area (Å²) in [6.45, 7) is 2.08. The number of benzene rings is 1. The molecule has 0 fully saturated rings. The third-order valence-electron chi connectivity index (χ3n) is 2.97. The fourth-order valence-corrected chi connectivity index (χ4v) is 1.95. The fourth-order valence-electron chi connectivity index (χ4n) is 1.95. The monoisotopic (exact) mass is 255 g/mol. The smallest absolute Gasteiger partial charge is 0.186 e. The third kappa shape index (κ3) is 2.58. The van der Waals surface area contributed by atoms with E-state index in [2.05, 4.69) is 23.3 Å². The lowest BCUT2D eigenvalue weighted by Gasteiger charge is -2.13. The Balaban J connectivity index is 2.41. The summed E-state index contributed by atoms with van der Waals surface area (Å²) in [5.74, 6) is 0. The van der Waals surface area contributed by atoms with Gasteiger partial charge in [0, 0.05) is 19.8 Å². The van der Waals surface area contributed by atoms with E-state index in [0.717, 1.165) is 29.9 Å². The number of aromatic nitrogens is 3. The van der Waals surface area contributed by atoms with E-state index in [4.69, 9.17) is 5.26 Å². The van der Waals surface area contributed by atoms with Gasteiger partial charge in [-0.3, -0.25) is 0 Å². The quantitative estimate of drug-likeness (QED) is 0.840. The predicted octanol–water partition coefficient (Wildman–Crippen LogP) is 2.16. The van der Waals surface area contributed by atoms with Crippen molar-refractivity contribution in [3.8, 4) is 11.8 Å². The molecular formula is C14H17N5. The first kappa shape index (κ1) is 13.1. The average molecular weight is 255 g/mol. The predicted molar refractivity (Wildman–Crippen MR) is 74.4 cm³/mol. The zero-order valence-corrected chi connectivity index (χ0v) is 11.5. The minimum Gasteiger partial charge on any atom is -0.378 e. The van der Waals surface area contributed by atoms with Crippen molar-refractivity contribution in [3.63, 3.8) is 0 Å². The van der Waals surface area contributed by atoms with Crippen molar-refractivity contribution in [1.82, 2.24) is 15.0 Å². The number of nitriles is 1. The first-order valence-electron chi connectivity index (χ1n) is 6.29. The molecule has 0 atom stereocenters. The highest BCUT2D eigenvalue weighted by atomic mass is 15.4. The summed E-state index contributed by atoms with van der Waals surface area (Å²) in [5.41, 5.74) is 3.35. The molecule has 0 aliphatic rings. The van der Waals surface area contributed by atoms with E-state index in [1.807, 2.05) is 43.3 Å². The highest BCUT2D eigenvalue weighted by Gasteiger charge is 2.12. The maximum Gasteiger partial charge on any atom is 0.186 e. The number of anilines is 1. The van der Waals surface area contributed by atoms with Gasteiger partial charge in [-0.1, -0.05) is 18.6 Å².